The van der Waals surface area contributed by atoms with E-state index < -0.39 is 0 Å². The molecule has 0 spiro atoms. The number of ether oxygens (including phenoxy) is 1. The third-order valence-corrected chi connectivity index (χ3v) is 5.92. The number of carbonyl (C=O) groups is 1. The van der Waals surface area contributed by atoms with E-state index >= 15 is 0 Å². The minimum Gasteiger partial charge on any atom is -0.490 e. The number of fused-ring (bicyclic) bond motifs is 2. The number of nitrogens with zero attached hydrogens (tertiary/aromatic N) is 2. The van der Waals surface area contributed by atoms with Crippen LogP contribution in [0.15, 0.2) is 42.6 Å². The summed E-state index contributed by atoms with van der Waals surface area (Å²) in [6, 6.07) is 12.6. The van der Waals surface area contributed by atoms with Gasteiger partial charge in [-0.3, -0.25) is 4.79 Å². The number of halogens is 1. The van der Waals surface area contributed by atoms with Gasteiger partial charge in [0, 0.05) is 24.8 Å². The highest BCUT2D eigenvalue weighted by Gasteiger charge is 2.39. The molecule has 0 radical (unpaired) electrons. The third-order valence-electron chi connectivity index (χ3n) is 5.70. The van der Waals surface area contributed by atoms with Crippen LogP contribution in [0, 0.1) is 0 Å². The van der Waals surface area contributed by atoms with Gasteiger partial charge in [0.25, 0.3) is 5.91 Å². The smallest absolute Gasteiger partial charge is 0.253 e. The second kappa shape index (κ2) is 7.87. The van der Waals surface area contributed by atoms with Gasteiger partial charge in [-0.15, -0.1) is 0 Å². The molecule has 2 aliphatic heterocycles. The molecule has 0 aliphatic carbocycles. The summed E-state index contributed by atoms with van der Waals surface area (Å²) >= 11 is 5.76. The van der Waals surface area contributed by atoms with E-state index in [4.69, 9.17) is 16.3 Å². The predicted octanol–water partition coefficient (Wildman–Crippen LogP) is 3.67. The molecule has 1 aromatic heterocycles. The Hall–Kier alpha value is -2.11. The lowest BCUT2D eigenvalue weighted by Crippen LogP contribution is -2.43. The molecule has 1 N–H and O–H groups in total. The second-order valence-corrected chi connectivity index (χ2v) is 7.85. The summed E-state index contributed by atoms with van der Waals surface area (Å²) in [5.41, 5.74) is 1.51. The number of piperidine rings is 1. The Kier molecular flexibility index (Phi) is 5.32. The molecule has 5 nitrogen and oxygen atoms in total. The fraction of sp³-hybridized carbons (Fsp3) is 0.429. The van der Waals surface area contributed by atoms with Gasteiger partial charge in [0.05, 0.1) is 5.56 Å². The van der Waals surface area contributed by atoms with Gasteiger partial charge in [-0.2, -0.15) is 0 Å². The Labute approximate surface area is 164 Å². The van der Waals surface area contributed by atoms with Crippen LogP contribution in [-0.4, -0.2) is 41.0 Å². The maximum atomic E-state index is 12.2. The summed E-state index contributed by atoms with van der Waals surface area (Å²) in [4.78, 5) is 18.7. The van der Waals surface area contributed by atoms with E-state index in [2.05, 4.69) is 22.2 Å². The Balaban J connectivity index is 1.34. The number of pyridine rings is 1. The number of benzene rings is 1. The predicted molar refractivity (Wildman–Crippen MR) is 105 cm³/mol. The Bertz CT molecular complexity index is 797. The van der Waals surface area contributed by atoms with Crippen molar-refractivity contribution in [3.63, 3.8) is 0 Å². The van der Waals surface area contributed by atoms with Crippen molar-refractivity contribution < 1.29 is 9.53 Å². The van der Waals surface area contributed by atoms with Crippen molar-refractivity contribution in [2.24, 2.45) is 0 Å². The molecule has 2 aromatic rings. The zero-order valence-electron chi connectivity index (χ0n) is 15.4. The van der Waals surface area contributed by atoms with Gasteiger partial charge in [-0.05, 0) is 62.6 Å². The molecule has 3 heterocycles. The summed E-state index contributed by atoms with van der Waals surface area (Å²) in [6.07, 6.45) is 6.52. The van der Waals surface area contributed by atoms with Crippen molar-refractivity contribution >= 4 is 17.5 Å². The van der Waals surface area contributed by atoms with Gasteiger partial charge in [0.2, 0.25) is 0 Å². The van der Waals surface area contributed by atoms with Crippen molar-refractivity contribution in [1.82, 2.24) is 15.2 Å². The molecule has 142 valence electrons. The number of aromatic nitrogens is 1. The first-order valence-electron chi connectivity index (χ1n) is 9.46. The fourth-order valence-electron chi connectivity index (χ4n) is 4.17. The second-order valence-electron chi connectivity index (χ2n) is 7.46. The van der Waals surface area contributed by atoms with Crippen LogP contribution < -0.4 is 10.1 Å². The minimum atomic E-state index is -0.169. The summed E-state index contributed by atoms with van der Waals surface area (Å²) < 4.78 is 6.27. The Morgan fingerprint density at radius 2 is 2.04 bits per heavy atom. The van der Waals surface area contributed by atoms with Crippen LogP contribution in [0.3, 0.4) is 0 Å². The first kappa shape index (κ1) is 18.3. The standard InChI is InChI=1S/C21H24ClN3O2/c1-25-16-6-7-17(25)11-19(10-16)27-18-4-2-3-14(9-18)12-24-21(26)15-5-8-20(22)23-13-15/h2-5,8-9,13,16-17,19H,6-7,10-12H2,1H3,(H,24,26). The molecule has 27 heavy (non-hydrogen) atoms. The molecule has 1 aromatic carbocycles. The van der Waals surface area contributed by atoms with Crippen LogP contribution in [0.1, 0.15) is 41.6 Å². The van der Waals surface area contributed by atoms with Crippen molar-refractivity contribution in [2.75, 3.05) is 7.05 Å². The number of hydrogen-bond acceptors (Lipinski definition) is 4. The van der Waals surface area contributed by atoms with Crippen molar-refractivity contribution in [3.05, 3.63) is 58.9 Å². The third kappa shape index (κ3) is 4.25. The lowest BCUT2D eigenvalue weighted by atomic mass is 10.0. The average molecular weight is 386 g/mol. The zero-order chi connectivity index (χ0) is 18.8. The fourth-order valence-corrected chi connectivity index (χ4v) is 4.29. The van der Waals surface area contributed by atoms with Crippen LogP contribution in [0.2, 0.25) is 5.15 Å². The summed E-state index contributed by atoms with van der Waals surface area (Å²) in [5, 5.41) is 3.29. The van der Waals surface area contributed by atoms with Crippen LogP contribution >= 0.6 is 11.6 Å². The van der Waals surface area contributed by atoms with Gasteiger partial charge >= 0.3 is 0 Å². The van der Waals surface area contributed by atoms with Crippen LogP contribution in [0.5, 0.6) is 5.75 Å². The molecule has 4 rings (SSSR count). The highest BCUT2D eigenvalue weighted by Crippen LogP contribution is 2.36. The average Bonchev–Trinajstić information content (AvgIpc) is 2.88. The summed E-state index contributed by atoms with van der Waals surface area (Å²) in [5.74, 6) is 0.709. The highest BCUT2D eigenvalue weighted by molar-refractivity contribution is 6.29. The van der Waals surface area contributed by atoms with E-state index in [9.17, 15) is 4.79 Å². The van der Waals surface area contributed by atoms with Crippen LogP contribution in [0.25, 0.3) is 0 Å². The monoisotopic (exact) mass is 385 g/mol. The SMILES string of the molecule is CN1C2CCC1CC(Oc1cccc(CNC(=O)c3ccc(Cl)nc3)c1)C2. The quantitative estimate of drug-likeness (QED) is 0.798. The number of hydrogen-bond donors (Lipinski definition) is 1. The van der Waals surface area contributed by atoms with Gasteiger partial charge in [-0.25, -0.2) is 4.98 Å². The highest BCUT2D eigenvalue weighted by atomic mass is 35.5. The van der Waals surface area contributed by atoms with Gasteiger partial charge < -0.3 is 15.0 Å². The number of carbonyl (C=O) groups excluding carboxylic acids is 1. The van der Waals surface area contributed by atoms with Gasteiger partial charge in [0.15, 0.2) is 0 Å². The van der Waals surface area contributed by atoms with Gasteiger partial charge in [-0.1, -0.05) is 23.7 Å². The maximum Gasteiger partial charge on any atom is 0.253 e. The number of amides is 1. The van der Waals surface area contributed by atoms with E-state index in [0.29, 0.717) is 29.3 Å². The van der Waals surface area contributed by atoms with E-state index in [-0.39, 0.29) is 12.0 Å². The topological polar surface area (TPSA) is 54.5 Å². The molecule has 2 unspecified atom stereocenters. The molecular formula is C21H24ClN3O2. The van der Waals surface area contributed by atoms with E-state index in [1.165, 1.54) is 19.0 Å². The normalized spacial score (nSPS) is 24.6. The van der Waals surface area contributed by atoms with Crippen LogP contribution in [-0.2, 0) is 6.54 Å². The molecule has 2 atom stereocenters. The molecule has 2 aliphatic rings. The molecule has 6 heteroatoms. The molecule has 2 bridgehead atoms. The summed E-state index contributed by atoms with van der Waals surface area (Å²) in [6.45, 7) is 0.442. The lowest BCUT2D eigenvalue weighted by molar-refractivity contribution is 0.0661. The zero-order valence-corrected chi connectivity index (χ0v) is 16.2. The van der Waals surface area contributed by atoms with Gasteiger partial charge in [0.1, 0.15) is 17.0 Å². The molecule has 2 fully saturated rings. The number of nitrogens with one attached hydrogen (secondary N) is 1. The first-order valence-corrected chi connectivity index (χ1v) is 9.83. The number of rotatable bonds is 5. The van der Waals surface area contributed by atoms with Crippen LogP contribution in [0.4, 0.5) is 0 Å². The Morgan fingerprint density at radius 1 is 1.26 bits per heavy atom. The Morgan fingerprint density at radius 3 is 2.74 bits per heavy atom. The first-order chi connectivity index (χ1) is 13.1. The summed E-state index contributed by atoms with van der Waals surface area (Å²) in [7, 11) is 2.23. The van der Waals surface area contributed by atoms with E-state index in [1.54, 1.807) is 12.1 Å². The molecule has 0 saturated carbocycles. The molecule has 1 amide bonds. The molecule has 2 saturated heterocycles. The largest absolute Gasteiger partial charge is 0.490 e. The molecular weight excluding hydrogens is 362 g/mol. The van der Waals surface area contributed by atoms with E-state index in [0.717, 1.165) is 24.2 Å². The van der Waals surface area contributed by atoms with Crippen molar-refractivity contribution in [1.29, 1.82) is 0 Å². The van der Waals surface area contributed by atoms with Crippen molar-refractivity contribution in [2.45, 2.75) is 50.4 Å². The lowest BCUT2D eigenvalue weighted by Gasteiger charge is -2.36. The minimum absolute atomic E-state index is 0.169. The van der Waals surface area contributed by atoms with Crippen molar-refractivity contribution in [3.8, 4) is 5.75 Å². The maximum absolute atomic E-state index is 12.2. The van der Waals surface area contributed by atoms with E-state index in [1.807, 2.05) is 24.3 Å².